The molecule has 0 spiro atoms. The minimum Gasteiger partial charge on any atom is -0.484 e. The summed E-state index contributed by atoms with van der Waals surface area (Å²) in [7, 11) is 1.72. The highest BCUT2D eigenvalue weighted by atomic mass is 16.5. The van der Waals surface area contributed by atoms with Gasteiger partial charge < -0.3 is 20.1 Å². The molecule has 0 radical (unpaired) electrons. The van der Waals surface area contributed by atoms with E-state index in [0.717, 1.165) is 32.5 Å². The third-order valence-corrected chi connectivity index (χ3v) is 3.61. The average molecular weight is 278 g/mol. The van der Waals surface area contributed by atoms with Crippen LogP contribution in [0.3, 0.4) is 0 Å². The maximum Gasteiger partial charge on any atom is 0.260 e. The summed E-state index contributed by atoms with van der Waals surface area (Å²) in [5, 5.41) is 0. The van der Waals surface area contributed by atoms with E-state index in [0.29, 0.717) is 17.4 Å². The minimum atomic E-state index is 0.0395. The molecule has 1 heterocycles. The summed E-state index contributed by atoms with van der Waals surface area (Å²) in [4.78, 5) is 13.9. The molecule has 0 bridgehead atoms. The number of carbonyl (C=O) groups excluding carboxylic acids is 1. The van der Waals surface area contributed by atoms with E-state index >= 15 is 0 Å². The molecule has 2 N–H and O–H groups in total. The van der Waals surface area contributed by atoms with Gasteiger partial charge in [-0.25, -0.2) is 0 Å². The molecule has 0 aliphatic carbocycles. The van der Waals surface area contributed by atoms with Gasteiger partial charge in [-0.1, -0.05) is 0 Å². The Morgan fingerprint density at radius 1 is 1.30 bits per heavy atom. The summed E-state index contributed by atoms with van der Waals surface area (Å²) >= 11 is 0. The first kappa shape index (κ1) is 14.7. The van der Waals surface area contributed by atoms with Gasteiger partial charge >= 0.3 is 0 Å². The lowest BCUT2D eigenvalue weighted by Crippen LogP contribution is -2.41. The first-order valence-electron chi connectivity index (χ1n) is 6.94. The Bertz CT molecular complexity index is 425. The van der Waals surface area contributed by atoms with Crippen molar-refractivity contribution in [3.8, 4) is 5.75 Å². The molecule has 1 fully saturated rings. The van der Waals surface area contributed by atoms with Crippen LogP contribution in [0.5, 0.6) is 5.75 Å². The Hall–Kier alpha value is -1.75. The highest BCUT2D eigenvalue weighted by molar-refractivity contribution is 5.77. The average Bonchev–Trinajstić information content (AvgIpc) is 2.47. The van der Waals surface area contributed by atoms with Gasteiger partial charge in [-0.2, -0.15) is 0 Å². The van der Waals surface area contributed by atoms with Gasteiger partial charge in [0.05, 0.1) is 0 Å². The van der Waals surface area contributed by atoms with Crippen molar-refractivity contribution in [3.05, 3.63) is 24.3 Å². The SMILES string of the molecule is COCC1CCN(C(=O)COc2ccc(N)cc2)CC1. The number of benzene rings is 1. The van der Waals surface area contributed by atoms with E-state index in [1.807, 2.05) is 4.90 Å². The fraction of sp³-hybridized carbons (Fsp3) is 0.533. The quantitative estimate of drug-likeness (QED) is 0.830. The summed E-state index contributed by atoms with van der Waals surface area (Å²) in [6.07, 6.45) is 2.00. The zero-order valence-electron chi connectivity index (χ0n) is 11.9. The first-order valence-corrected chi connectivity index (χ1v) is 6.94. The Kier molecular flexibility index (Phi) is 5.24. The van der Waals surface area contributed by atoms with Crippen molar-refractivity contribution in [2.45, 2.75) is 12.8 Å². The molecule has 1 aliphatic rings. The number of methoxy groups -OCH3 is 1. The maximum absolute atomic E-state index is 12.0. The van der Waals surface area contributed by atoms with Crippen LogP contribution in [0.1, 0.15) is 12.8 Å². The minimum absolute atomic E-state index is 0.0395. The Balaban J connectivity index is 1.74. The van der Waals surface area contributed by atoms with Gasteiger partial charge in [0.2, 0.25) is 0 Å². The van der Waals surface area contributed by atoms with E-state index in [1.54, 1.807) is 31.4 Å². The summed E-state index contributed by atoms with van der Waals surface area (Å²) in [6, 6.07) is 7.06. The summed E-state index contributed by atoms with van der Waals surface area (Å²) < 4.78 is 10.6. The molecule has 0 atom stereocenters. The number of rotatable bonds is 5. The van der Waals surface area contributed by atoms with Crippen LogP contribution in [0.4, 0.5) is 5.69 Å². The highest BCUT2D eigenvalue weighted by Gasteiger charge is 2.22. The monoisotopic (exact) mass is 278 g/mol. The van der Waals surface area contributed by atoms with E-state index < -0.39 is 0 Å². The van der Waals surface area contributed by atoms with Gasteiger partial charge in [0.15, 0.2) is 6.61 Å². The third kappa shape index (κ3) is 4.13. The van der Waals surface area contributed by atoms with Crippen molar-refractivity contribution in [1.29, 1.82) is 0 Å². The number of piperidine rings is 1. The van der Waals surface area contributed by atoms with Gasteiger partial charge in [0.1, 0.15) is 5.75 Å². The first-order chi connectivity index (χ1) is 9.69. The van der Waals surface area contributed by atoms with Crippen LogP contribution < -0.4 is 10.5 Å². The van der Waals surface area contributed by atoms with E-state index in [2.05, 4.69) is 0 Å². The molecular weight excluding hydrogens is 256 g/mol. The molecule has 20 heavy (non-hydrogen) atoms. The van der Waals surface area contributed by atoms with E-state index in [9.17, 15) is 4.79 Å². The Morgan fingerprint density at radius 3 is 2.55 bits per heavy atom. The third-order valence-electron chi connectivity index (χ3n) is 3.61. The van der Waals surface area contributed by atoms with Crippen LogP contribution in [0.15, 0.2) is 24.3 Å². The van der Waals surface area contributed by atoms with Crippen LogP contribution in [-0.2, 0) is 9.53 Å². The topological polar surface area (TPSA) is 64.8 Å². The van der Waals surface area contributed by atoms with Crippen LogP contribution in [-0.4, -0.2) is 44.2 Å². The molecule has 0 saturated carbocycles. The molecule has 5 heteroatoms. The van der Waals surface area contributed by atoms with Crippen LogP contribution >= 0.6 is 0 Å². The molecule has 5 nitrogen and oxygen atoms in total. The normalized spacial score (nSPS) is 16.1. The van der Waals surface area contributed by atoms with Crippen LogP contribution in [0.25, 0.3) is 0 Å². The predicted octanol–water partition coefficient (Wildman–Crippen LogP) is 1.53. The fourth-order valence-electron chi connectivity index (χ4n) is 2.39. The van der Waals surface area contributed by atoms with Crippen molar-refractivity contribution >= 4 is 11.6 Å². The molecule has 0 aromatic heterocycles. The van der Waals surface area contributed by atoms with Gasteiger partial charge in [0, 0.05) is 32.5 Å². The maximum atomic E-state index is 12.0. The van der Waals surface area contributed by atoms with E-state index in [-0.39, 0.29) is 12.5 Å². The number of carbonyl (C=O) groups is 1. The number of nitrogens with two attached hydrogens (primary N) is 1. The number of likely N-dealkylation sites (tertiary alicyclic amines) is 1. The fourth-order valence-corrected chi connectivity index (χ4v) is 2.39. The predicted molar refractivity (Wildman–Crippen MR) is 77.5 cm³/mol. The lowest BCUT2D eigenvalue weighted by Gasteiger charge is -2.31. The molecule has 1 aromatic carbocycles. The number of anilines is 1. The zero-order valence-corrected chi connectivity index (χ0v) is 11.9. The van der Waals surface area contributed by atoms with Crippen LogP contribution in [0, 0.1) is 5.92 Å². The molecule has 0 unspecified atom stereocenters. The smallest absolute Gasteiger partial charge is 0.260 e. The second-order valence-electron chi connectivity index (χ2n) is 5.14. The van der Waals surface area contributed by atoms with Gasteiger partial charge in [0.25, 0.3) is 5.91 Å². The highest BCUT2D eigenvalue weighted by Crippen LogP contribution is 2.18. The summed E-state index contributed by atoms with van der Waals surface area (Å²) in [6.45, 7) is 2.44. The zero-order chi connectivity index (χ0) is 14.4. The van der Waals surface area contributed by atoms with E-state index in [1.165, 1.54) is 0 Å². The largest absolute Gasteiger partial charge is 0.484 e. The van der Waals surface area contributed by atoms with Crippen molar-refractivity contribution in [3.63, 3.8) is 0 Å². The van der Waals surface area contributed by atoms with Crippen molar-refractivity contribution < 1.29 is 14.3 Å². The molecule has 1 aromatic rings. The molecule has 1 saturated heterocycles. The lowest BCUT2D eigenvalue weighted by atomic mass is 9.98. The van der Waals surface area contributed by atoms with Gasteiger partial charge in [-0.05, 0) is 43.0 Å². The summed E-state index contributed by atoms with van der Waals surface area (Å²) in [5.74, 6) is 1.28. The lowest BCUT2D eigenvalue weighted by molar-refractivity contribution is -0.135. The van der Waals surface area contributed by atoms with E-state index in [4.69, 9.17) is 15.2 Å². The number of ether oxygens (including phenoxy) is 2. The number of nitrogens with zero attached hydrogens (tertiary/aromatic N) is 1. The molecule has 2 rings (SSSR count). The van der Waals surface area contributed by atoms with Crippen molar-refractivity contribution in [2.75, 3.05) is 39.1 Å². The summed E-state index contributed by atoms with van der Waals surface area (Å²) in [5.41, 5.74) is 6.28. The second-order valence-corrected chi connectivity index (χ2v) is 5.14. The number of amides is 1. The standard InChI is InChI=1S/C15H22N2O3/c1-19-10-12-6-8-17(9-7-12)15(18)11-20-14-4-2-13(16)3-5-14/h2-5,12H,6-11,16H2,1H3. The molecular formula is C15H22N2O3. The van der Waals surface area contributed by atoms with Crippen molar-refractivity contribution in [2.24, 2.45) is 5.92 Å². The Morgan fingerprint density at radius 2 is 1.95 bits per heavy atom. The second kappa shape index (κ2) is 7.14. The molecule has 110 valence electrons. The van der Waals surface area contributed by atoms with Crippen molar-refractivity contribution in [1.82, 2.24) is 4.90 Å². The van der Waals surface area contributed by atoms with Gasteiger partial charge in [-0.15, -0.1) is 0 Å². The van der Waals surface area contributed by atoms with Crippen LogP contribution in [0.2, 0.25) is 0 Å². The molecule has 1 aliphatic heterocycles. The number of hydrogen-bond acceptors (Lipinski definition) is 4. The Labute approximate surface area is 119 Å². The van der Waals surface area contributed by atoms with Gasteiger partial charge in [-0.3, -0.25) is 4.79 Å². The number of hydrogen-bond donors (Lipinski definition) is 1. The number of nitrogen functional groups attached to an aromatic ring is 1. The molecule has 1 amide bonds.